The highest BCUT2D eigenvalue weighted by Crippen LogP contribution is 2.27. The van der Waals surface area contributed by atoms with E-state index in [-0.39, 0.29) is 31.1 Å². The molecule has 1 amide bonds. The quantitative estimate of drug-likeness (QED) is 0.849. The second kappa shape index (κ2) is 7.58. The summed E-state index contributed by atoms with van der Waals surface area (Å²) in [5.41, 5.74) is 0. The van der Waals surface area contributed by atoms with E-state index in [0.29, 0.717) is 15.8 Å². The largest absolute Gasteiger partial charge is 0.482 e. The van der Waals surface area contributed by atoms with Crippen LogP contribution in [0.4, 0.5) is 0 Å². The summed E-state index contributed by atoms with van der Waals surface area (Å²) in [7, 11) is 0. The molecule has 106 valence electrons. The molecule has 0 heterocycles. The molecule has 6 heteroatoms. The molecular weight excluding hydrogens is 289 g/mol. The van der Waals surface area contributed by atoms with E-state index in [9.17, 15) is 4.79 Å². The van der Waals surface area contributed by atoms with Crippen molar-refractivity contribution in [2.75, 3.05) is 13.2 Å². The number of hydrogen-bond acceptors (Lipinski definition) is 3. The smallest absolute Gasteiger partial charge is 0.258 e. The van der Waals surface area contributed by atoms with Gasteiger partial charge in [-0.3, -0.25) is 4.79 Å². The molecule has 19 heavy (non-hydrogen) atoms. The van der Waals surface area contributed by atoms with Gasteiger partial charge < -0.3 is 15.2 Å². The molecule has 1 aromatic rings. The molecule has 2 N–H and O–H groups in total. The molecule has 0 saturated carbocycles. The monoisotopic (exact) mass is 305 g/mol. The van der Waals surface area contributed by atoms with Crippen LogP contribution in [0.5, 0.6) is 5.75 Å². The number of aliphatic hydroxyl groups excluding tert-OH is 1. The Labute approximate surface area is 122 Å². The van der Waals surface area contributed by atoms with E-state index in [1.54, 1.807) is 18.2 Å². The van der Waals surface area contributed by atoms with E-state index in [2.05, 4.69) is 5.32 Å². The van der Waals surface area contributed by atoms with Crippen molar-refractivity contribution in [2.24, 2.45) is 5.92 Å². The van der Waals surface area contributed by atoms with Crippen LogP contribution in [0.3, 0.4) is 0 Å². The minimum atomic E-state index is -0.307. The minimum Gasteiger partial charge on any atom is -0.482 e. The summed E-state index contributed by atoms with van der Waals surface area (Å²) >= 11 is 11.7. The molecule has 0 saturated heterocycles. The zero-order valence-corrected chi connectivity index (χ0v) is 12.3. The fourth-order valence-electron chi connectivity index (χ4n) is 1.41. The molecule has 0 fully saturated rings. The number of hydrogen-bond donors (Lipinski definition) is 2. The molecule has 0 bridgehead atoms. The summed E-state index contributed by atoms with van der Waals surface area (Å²) in [6, 6.07) is 4.49. The van der Waals surface area contributed by atoms with Crippen molar-refractivity contribution < 1.29 is 14.6 Å². The Kier molecular flexibility index (Phi) is 6.42. The van der Waals surface area contributed by atoms with Gasteiger partial charge in [-0.1, -0.05) is 37.0 Å². The first kappa shape index (κ1) is 16.1. The number of amides is 1. The number of benzene rings is 1. The van der Waals surface area contributed by atoms with Gasteiger partial charge in [0.2, 0.25) is 0 Å². The molecule has 0 aromatic heterocycles. The van der Waals surface area contributed by atoms with Crippen molar-refractivity contribution in [1.82, 2.24) is 5.32 Å². The van der Waals surface area contributed by atoms with Crippen molar-refractivity contribution in [1.29, 1.82) is 0 Å². The maximum atomic E-state index is 11.7. The minimum absolute atomic E-state index is 0.106. The lowest BCUT2D eigenvalue weighted by Crippen LogP contribution is -2.43. The molecule has 0 aliphatic rings. The summed E-state index contributed by atoms with van der Waals surface area (Å²) in [6.07, 6.45) is 0. The SMILES string of the molecule is CC(C)C(CO)NC(=O)COc1ccc(Cl)cc1Cl. The highest BCUT2D eigenvalue weighted by Gasteiger charge is 2.15. The summed E-state index contributed by atoms with van der Waals surface area (Å²) < 4.78 is 5.29. The third-order valence-corrected chi connectivity index (χ3v) is 3.13. The van der Waals surface area contributed by atoms with Crippen molar-refractivity contribution in [3.8, 4) is 5.75 Å². The number of rotatable bonds is 6. The van der Waals surface area contributed by atoms with Crippen LogP contribution in [0.25, 0.3) is 0 Å². The number of carbonyl (C=O) groups excluding carboxylic acids is 1. The maximum absolute atomic E-state index is 11.7. The fraction of sp³-hybridized carbons (Fsp3) is 0.462. The maximum Gasteiger partial charge on any atom is 0.258 e. The summed E-state index contributed by atoms with van der Waals surface area (Å²) in [6.45, 7) is 3.56. The molecular formula is C13H17Cl2NO3. The van der Waals surface area contributed by atoms with Gasteiger partial charge >= 0.3 is 0 Å². The van der Waals surface area contributed by atoms with E-state index >= 15 is 0 Å². The van der Waals surface area contributed by atoms with Crippen molar-refractivity contribution >= 4 is 29.1 Å². The van der Waals surface area contributed by atoms with E-state index in [1.165, 1.54) is 0 Å². The van der Waals surface area contributed by atoms with Crippen LogP contribution < -0.4 is 10.1 Å². The Balaban J connectivity index is 2.50. The number of aliphatic hydroxyl groups is 1. The van der Waals surface area contributed by atoms with Crippen molar-refractivity contribution in [2.45, 2.75) is 19.9 Å². The first-order valence-electron chi connectivity index (χ1n) is 5.92. The molecule has 1 rings (SSSR count). The van der Waals surface area contributed by atoms with Crippen LogP contribution in [0.1, 0.15) is 13.8 Å². The molecule has 1 unspecified atom stereocenters. The Bertz CT molecular complexity index is 438. The van der Waals surface area contributed by atoms with E-state index in [4.69, 9.17) is 33.0 Å². The number of ether oxygens (including phenoxy) is 1. The van der Waals surface area contributed by atoms with Crippen LogP contribution in [0.2, 0.25) is 10.0 Å². The van der Waals surface area contributed by atoms with Crippen LogP contribution in [0.15, 0.2) is 18.2 Å². The zero-order valence-electron chi connectivity index (χ0n) is 10.8. The van der Waals surface area contributed by atoms with Gasteiger partial charge in [-0.05, 0) is 24.1 Å². The van der Waals surface area contributed by atoms with Crippen LogP contribution in [-0.4, -0.2) is 30.3 Å². The average molecular weight is 306 g/mol. The van der Waals surface area contributed by atoms with Gasteiger partial charge in [0.05, 0.1) is 17.7 Å². The highest BCUT2D eigenvalue weighted by molar-refractivity contribution is 6.35. The Morgan fingerprint density at radius 3 is 2.63 bits per heavy atom. The van der Waals surface area contributed by atoms with Gasteiger partial charge in [0.25, 0.3) is 5.91 Å². The zero-order chi connectivity index (χ0) is 14.4. The third-order valence-electron chi connectivity index (χ3n) is 2.60. The number of nitrogens with one attached hydrogen (secondary N) is 1. The van der Waals surface area contributed by atoms with E-state index < -0.39 is 0 Å². The second-order valence-electron chi connectivity index (χ2n) is 4.46. The summed E-state index contributed by atoms with van der Waals surface area (Å²) in [5, 5.41) is 12.6. The van der Waals surface area contributed by atoms with E-state index in [0.717, 1.165) is 0 Å². The molecule has 0 radical (unpaired) electrons. The first-order valence-corrected chi connectivity index (χ1v) is 6.67. The molecule has 0 spiro atoms. The predicted molar refractivity (Wildman–Crippen MR) is 75.8 cm³/mol. The number of carbonyl (C=O) groups is 1. The van der Waals surface area contributed by atoms with Crippen molar-refractivity contribution in [3.63, 3.8) is 0 Å². The normalized spacial score (nSPS) is 12.3. The standard InChI is InChI=1S/C13H17Cl2NO3/c1-8(2)11(6-17)16-13(18)7-19-12-4-3-9(14)5-10(12)15/h3-5,8,11,17H,6-7H2,1-2H3,(H,16,18). The Morgan fingerprint density at radius 1 is 1.42 bits per heavy atom. The van der Waals surface area contributed by atoms with Gasteiger partial charge in [-0.15, -0.1) is 0 Å². The Morgan fingerprint density at radius 2 is 2.11 bits per heavy atom. The van der Waals surface area contributed by atoms with Crippen LogP contribution >= 0.6 is 23.2 Å². The third kappa shape index (κ3) is 5.27. The lowest BCUT2D eigenvalue weighted by atomic mass is 10.1. The van der Waals surface area contributed by atoms with E-state index in [1.807, 2.05) is 13.8 Å². The van der Waals surface area contributed by atoms with Gasteiger partial charge in [-0.2, -0.15) is 0 Å². The van der Waals surface area contributed by atoms with Gasteiger partial charge in [0, 0.05) is 5.02 Å². The van der Waals surface area contributed by atoms with Crippen molar-refractivity contribution in [3.05, 3.63) is 28.2 Å². The fourth-order valence-corrected chi connectivity index (χ4v) is 1.87. The lowest BCUT2D eigenvalue weighted by Gasteiger charge is -2.20. The topological polar surface area (TPSA) is 58.6 Å². The molecule has 4 nitrogen and oxygen atoms in total. The van der Waals surface area contributed by atoms with Gasteiger partial charge in [-0.25, -0.2) is 0 Å². The summed E-state index contributed by atoms with van der Waals surface area (Å²) in [5.74, 6) is 0.234. The van der Waals surface area contributed by atoms with Gasteiger partial charge in [0.1, 0.15) is 5.75 Å². The molecule has 0 aliphatic heterocycles. The first-order chi connectivity index (χ1) is 8.93. The van der Waals surface area contributed by atoms with Crippen LogP contribution in [0, 0.1) is 5.92 Å². The Hall–Kier alpha value is -0.970. The van der Waals surface area contributed by atoms with Crippen LogP contribution in [-0.2, 0) is 4.79 Å². The van der Waals surface area contributed by atoms with Gasteiger partial charge in [0.15, 0.2) is 6.61 Å². The molecule has 1 aromatic carbocycles. The highest BCUT2D eigenvalue weighted by atomic mass is 35.5. The molecule has 0 aliphatic carbocycles. The number of halogens is 2. The second-order valence-corrected chi connectivity index (χ2v) is 5.31. The average Bonchev–Trinajstić information content (AvgIpc) is 2.34. The predicted octanol–water partition coefficient (Wildman–Crippen LogP) is 2.51. The molecule has 1 atom stereocenters. The lowest BCUT2D eigenvalue weighted by molar-refractivity contribution is -0.124. The summed E-state index contributed by atoms with van der Waals surface area (Å²) in [4.78, 5) is 11.7.